The Morgan fingerprint density at radius 2 is 1.41 bits per heavy atom. The lowest BCUT2D eigenvalue weighted by molar-refractivity contribution is -0.140. The fraction of sp³-hybridized carbons (Fsp3) is 0.417. The number of nitrogens with zero attached hydrogens (tertiary/aromatic N) is 2. The first-order valence-corrected chi connectivity index (χ1v) is 10.5. The average Bonchev–Trinajstić information content (AvgIpc) is 2.75. The molecule has 0 saturated carbocycles. The second-order valence-electron chi connectivity index (χ2n) is 8.25. The number of para-hydroxylation sites is 2. The predicted octanol–water partition coefficient (Wildman–Crippen LogP) is 4.03. The summed E-state index contributed by atoms with van der Waals surface area (Å²) in [6, 6.07) is 15.5. The largest absolute Gasteiger partial charge is 0.457 e. The fourth-order valence-electron chi connectivity index (χ4n) is 4.11. The minimum absolute atomic E-state index is 0.0856. The third kappa shape index (κ3) is 4.00. The molecule has 0 N–H and O–H groups in total. The number of piperazine rings is 1. The maximum absolute atomic E-state index is 13.5. The Hall–Kier alpha value is -2.82. The summed E-state index contributed by atoms with van der Waals surface area (Å²) in [5, 5.41) is 0. The molecule has 2 heterocycles. The summed E-state index contributed by atoms with van der Waals surface area (Å²) in [7, 11) is 0. The lowest BCUT2D eigenvalue weighted by Gasteiger charge is -2.38. The van der Waals surface area contributed by atoms with Crippen molar-refractivity contribution in [2.45, 2.75) is 32.6 Å². The molecular weight excluding hydrogens is 364 g/mol. The molecule has 2 aromatic carbocycles. The number of hydrogen-bond donors (Lipinski definition) is 0. The van der Waals surface area contributed by atoms with E-state index in [4.69, 9.17) is 4.74 Å². The van der Waals surface area contributed by atoms with Crippen molar-refractivity contribution in [3.05, 3.63) is 59.7 Å². The number of rotatable bonds is 4. The highest BCUT2D eigenvalue weighted by atomic mass is 16.5. The van der Waals surface area contributed by atoms with Gasteiger partial charge in [0.25, 0.3) is 0 Å². The monoisotopic (exact) mass is 392 g/mol. The number of carbonyl (C=O) groups excluding carboxylic acids is 2. The standard InChI is InChI=1S/C24H28N2O3/c1-17(2)11-12-22(27)25-13-15-26(16-14-25)24(28)23-18-7-3-5-9-20(18)29-21-10-6-4-8-19(21)23/h3-10,17,23H,11-16H2,1-2H3. The van der Waals surface area contributed by atoms with Crippen LogP contribution in [-0.2, 0) is 9.59 Å². The van der Waals surface area contributed by atoms with Gasteiger partial charge in [-0.1, -0.05) is 50.2 Å². The van der Waals surface area contributed by atoms with Crippen LogP contribution in [0.3, 0.4) is 0 Å². The molecule has 0 unspecified atom stereocenters. The van der Waals surface area contributed by atoms with Gasteiger partial charge < -0.3 is 14.5 Å². The van der Waals surface area contributed by atoms with Gasteiger partial charge in [-0.05, 0) is 24.5 Å². The molecule has 4 rings (SSSR count). The van der Waals surface area contributed by atoms with Gasteiger partial charge in [0.2, 0.25) is 11.8 Å². The van der Waals surface area contributed by atoms with E-state index in [-0.39, 0.29) is 17.7 Å². The molecule has 2 aliphatic rings. The smallest absolute Gasteiger partial charge is 0.234 e. The molecule has 1 fully saturated rings. The summed E-state index contributed by atoms with van der Waals surface area (Å²) >= 11 is 0. The zero-order valence-electron chi connectivity index (χ0n) is 17.1. The number of amides is 2. The number of hydrogen-bond acceptors (Lipinski definition) is 3. The summed E-state index contributed by atoms with van der Waals surface area (Å²) in [6.45, 7) is 6.63. The number of ether oxygens (including phenoxy) is 1. The molecule has 1 saturated heterocycles. The van der Waals surface area contributed by atoms with Crippen molar-refractivity contribution in [1.29, 1.82) is 0 Å². The van der Waals surface area contributed by atoms with E-state index in [2.05, 4.69) is 13.8 Å². The van der Waals surface area contributed by atoms with Gasteiger partial charge in [-0.15, -0.1) is 0 Å². The zero-order valence-corrected chi connectivity index (χ0v) is 17.1. The summed E-state index contributed by atoms with van der Waals surface area (Å²) in [4.78, 5) is 29.8. The van der Waals surface area contributed by atoms with E-state index in [0.29, 0.717) is 38.5 Å². The SMILES string of the molecule is CC(C)CCC(=O)N1CCN(C(=O)C2c3ccccc3Oc3ccccc32)CC1. The van der Waals surface area contributed by atoms with Crippen LogP contribution < -0.4 is 4.74 Å². The molecule has 2 aromatic rings. The van der Waals surface area contributed by atoms with Crippen molar-refractivity contribution >= 4 is 11.8 Å². The van der Waals surface area contributed by atoms with Crippen LogP contribution in [0.1, 0.15) is 43.7 Å². The first kappa shape index (κ1) is 19.5. The molecule has 0 spiro atoms. The zero-order chi connectivity index (χ0) is 20.4. The van der Waals surface area contributed by atoms with E-state index < -0.39 is 0 Å². The molecule has 2 aliphatic heterocycles. The van der Waals surface area contributed by atoms with Crippen LogP contribution in [0.25, 0.3) is 0 Å². The summed E-state index contributed by atoms with van der Waals surface area (Å²) < 4.78 is 6.02. The molecule has 152 valence electrons. The summed E-state index contributed by atoms with van der Waals surface area (Å²) in [5.74, 6) is 1.93. The predicted molar refractivity (Wildman–Crippen MR) is 112 cm³/mol. The third-order valence-electron chi connectivity index (χ3n) is 5.81. The minimum Gasteiger partial charge on any atom is -0.457 e. The molecule has 0 atom stereocenters. The Morgan fingerprint density at radius 3 is 1.97 bits per heavy atom. The Morgan fingerprint density at radius 1 is 0.897 bits per heavy atom. The highest BCUT2D eigenvalue weighted by Gasteiger charge is 2.36. The first-order valence-electron chi connectivity index (χ1n) is 10.5. The maximum Gasteiger partial charge on any atom is 0.234 e. The van der Waals surface area contributed by atoms with Crippen LogP contribution in [0, 0.1) is 5.92 Å². The van der Waals surface area contributed by atoms with Gasteiger partial charge in [0.15, 0.2) is 0 Å². The quantitative estimate of drug-likeness (QED) is 0.789. The number of fused-ring (bicyclic) bond motifs is 2. The molecule has 2 amide bonds. The highest BCUT2D eigenvalue weighted by Crippen LogP contribution is 2.44. The summed E-state index contributed by atoms with van der Waals surface area (Å²) in [6.07, 6.45) is 1.50. The van der Waals surface area contributed by atoms with Gasteiger partial charge in [0.1, 0.15) is 11.5 Å². The van der Waals surface area contributed by atoms with E-state index in [0.717, 1.165) is 29.0 Å². The second kappa shape index (κ2) is 8.27. The van der Waals surface area contributed by atoms with Crippen molar-refractivity contribution in [3.8, 4) is 11.5 Å². The fourth-order valence-corrected chi connectivity index (χ4v) is 4.11. The first-order chi connectivity index (χ1) is 14.0. The molecule has 29 heavy (non-hydrogen) atoms. The highest BCUT2D eigenvalue weighted by molar-refractivity contribution is 5.90. The molecule has 5 heteroatoms. The topological polar surface area (TPSA) is 49.9 Å². The second-order valence-corrected chi connectivity index (χ2v) is 8.25. The lowest BCUT2D eigenvalue weighted by Crippen LogP contribution is -2.51. The number of carbonyl (C=O) groups is 2. The summed E-state index contributed by atoms with van der Waals surface area (Å²) in [5.41, 5.74) is 1.82. The normalized spacial score (nSPS) is 16.2. The van der Waals surface area contributed by atoms with Gasteiger partial charge in [-0.3, -0.25) is 9.59 Å². The van der Waals surface area contributed by atoms with Crippen LogP contribution >= 0.6 is 0 Å². The van der Waals surface area contributed by atoms with E-state index in [9.17, 15) is 9.59 Å². The van der Waals surface area contributed by atoms with E-state index in [1.54, 1.807) is 0 Å². The van der Waals surface area contributed by atoms with E-state index in [1.807, 2.05) is 58.3 Å². The van der Waals surface area contributed by atoms with Crippen molar-refractivity contribution in [1.82, 2.24) is 9.80 Å². The van der Waals surface area contributed by atoms with E-state index in [1.165, 1.54) is 0 Å². The van der Waals surface area contributed by atoms with Gasteiger partial charge in [0.05, 0.1) is 5.92 Å². The van der Waals surface area contributed by atoms with Gasteiger partial charge in [-0.2, -0.15) is 0 Å². The lowest BCUT2D eigenvalue weighted by atomic mass is 9.86. The van der Waals surface area contributed by atoms with Crippen molar-refractivity contribution in [2.75, 3.05) is 26.2 Å². The average molecular weight is 392 g/mol. The molecule has 0 aliphatic carbocycles. The third-order valence-corrected chi connectivity index (χ3v) is 5.81. The van der Waals surface area contributed by atoms with Crippen molar-refractivity contribution < 1.29 is 14.3 Å². The molecule has 5 nitrogen and oxygen atoms in total. The maximum atomic E-state index is 13.5. The molecule has 0 bridgehead atoms. The Balaban J connectivity index is 1.49. The number of benzene rings is 2. The van der Waals surface area contributed by atoms with Gasteiger partial charge in [-0.25, -0.2) is 0 Å². The van der Waals surface area contributed by atoms with Crippen molar-refractivity contribution in [2.24, 2.45) is 5.92 Å². The van der Waals surface area contributed by atoms with Crippen LogP contribution in [0.2, 0.25) is 0 Å². The van der Waals surface area contributed by atoms with E-state index >= 15 is 0 Å². The molecule has 0 radical (unpaired) electrons. The van der Waals surface area contributed by atoms with Crippen LogP contribution in [0.5, 0.6) is 11.5 Å². The van der Waals surface area contributed by atoms with Crippen LogP contribution in [0.4, 0.5) is 0 Å². The van der Waals surface area contributed by atoms with Crippen molar-refractivity contribution in [3.63, 3.8) is 0 Å². The Bertz CT molecular complexity index is 855. The van der Waals surface area contributed by atoms with Gasteiger partial charge in [0, 0.05) is 43.7 Å². The Labute approximate surface area is 172 Å². The molecular formula is C24H28N2O3. The Kier molecular flexibility index (Phi) is 5.56. The molecule has 0 aromatic heterocycles. The van der Waals surface area contributed by atoms with Gasteiger partial charge >= 0.3 is 0 Å². The van der Waals surface area contributed by atoms with Crippen LogP contribution in [0.15, 0.2) is 48.5 Å². The van der Waals surface area contributed by atoms with Crippen LogP contribution in [-0.4, -0.2) is 47.8 Å². The minimum atomic E-state index is -0.362.